The van der Waals surface area contributed by atoms with Crippen molar-refractivity contribution >= 4 is 32.3 Å². The number of allylic oxidation sites excluding steroid dienone is 2. The zero-order valence-electron chi connectivity index (χ0n) is 20.6. The standard InChI is InChI=1S/C28H24F4N4OS/c1-15-11-19(29)23-20(12-15)38-26(34-23)36-9-6-27(7-10-36)13-17(14-27)21-22(35-37-24(21)16-4-5-16)18-3-2-8-33-25(18)28(30,31)32/h2-3,8,11-13,16H,4-7,9-10,14H2,1H3. The molecule has 38 heavy (non-hydrogen) atoms. The summed E-state index contributed by atoms with van der Waals surface area (Å²) in [6.45, 7) is 3.45. The molecule has 0 N–H and O–H groups in total. The van der Waals surface area contributed by atoms with E-state index in [-0.39, 0.29) is 28.4 Å². The molecule has 2 aliphatic carbocycles. The quantitative estimate of drug-likeness (QED) is 0.248. The van der Waals surface area contributed by atoms with Crippen LogP contribution in [0.4, 0.5) is 22.7 Å². The van der Waals surface area contributed by atoms with Crippen LogP contribution in [-0.2, 0) is 6.18 Å². The second-order valence-corrected chi connectivity index (χ2v) is 11.7. The summed E-state index contributed by atoms with van der Waals surface area (Å²) in [6, 6.07) is 6.40. The van der Waals surface area contributed by atoms with Crippen molar-refractivity contribution in [2.75, 3.05) is 18.0 Å². The number of aromatic nitrogens is 3. The summed E-state index contributed by atoms with van der Waals surface area (Å²) in [5.74, 6) is 0.614. The largest absolute Gasteiger partial charge is 0.434 e. The Labute approximate surface area is 220 Å². The van der Waals surface area contributed by atoms with E-state index in [1.165, 1.54) is 29.5 Å². The van der Waals surface area contributed by atoms with Gasteiger partial charge in [0, 0.05) is 36.3 Å². The number of thiazole rings is 1. The number of benzene rings is 1. The minimum atomic E-state index is -4.59. The first-order chi connectivity index (χ1) is 18.2. The SMILES string of the molecule is Cc1cc(F)c2nc(N3CCC4(C=C(c5c(-c6cccnc6C(F)(F)F)noc5C5CC5)C4)CC3)sc2c1. The highest BCUT2D eigenvalue weighted by molar-refractivity contribution is 7.22. The Hall–Kier alpha value is -3.27. The highest BCUT2D eigenvalue weighted by Crippen LogP contribution is 2.56. The van der Waals surface area contributed by atoms with Gasteiger partial charge in [0.05, 0.1) is 4.70 Å². The van der Waals surface area contributed by atoms with E-state index in [1.54, 1.807) is 0 Å². The van der Waals surface area contributed by atoms with Gasteiger partial charge in [0.2, 0.25) is 0 Å². The van der Waals surface area contributed by atoms with Crippen LogP contribution in [0.5, 0.6) is 0 Å². The van der Waals surface area contributed by atoms with Crippen LogP contribution in [-0.4, -0.2) is 28.2 Å². The molecule has 1 saturated heterocycles. The van der Waals surface area contributed by atoms with E-state index < -0.39 is 11.9 Å². The van der Waals surface area contributed by atoms with Crippen molar-refractivity contribution in [3.63, 3.8) is 0 Å². The fraction of sp³-hybridized carbons (Fsp3) is 0.393. The lowest BCUT2D eigenvalue weighted by atomic mass is 9.63. The van der Waals surface area contributed by atoms with E-state index in [0.717, 1.165) is 77.9 Å². The number of rotatable bonds is 4. The van der Waals surface area contributed by atoms with Crippen LogP contribution in [0.2, 0.25) is 0 Å². The van der Waals surface area contributed by atoms with Crippen molar-refractivity contribution in [3.05, 3.63) is 64.9 Å². The summed E-state index contributed by atoms with van der Waals surface area (Å²) in [4.78, 5) is 10.4. The van der Waals surface area contributed by atoms with Gasteiger partial charge in [0.15, 0.2) is 16.6 Å². The Kier molecular flexibility index (Phi) is 5.24. The van der Waals surface area contributed by atoms with Crippen molar-refractivity contribution < 1.29 is 22.1 Å². The lowest BCUT2D eigenvalue weighted by Gasteiger charge is -2.46. The number of aryl methyl sites for hydroxylation is 1. The highest BCUT2D eigenvalue weighted by Gasteiger charge is 2.45. The third-order valence-electron chi connectivity index (χ3n) is 7.95. The molecule has 4 aromatic rings. The van der Waals surface area contributed by atoms with Crippen LogP contribution >= 0.6 is 11.3 Å². The Morgan fingerprint density at radius 3 is 2.63 bits per heavy atom. The van der Waals surface area contributed by atoms with Crippen LogP contribution < -0.4 is 4.90 Å². The van der Waals surface area contributed by atoms with Gasteiger partial charge in [-0.2, -0.15) is 13.2 Å². The van der Waals surface area contributed by atoms with Crippen LogP contribution in [0.15, 0.2) is 41.1 Å². The minimum Gasteiger partial charge on any atom is -0.360 e. The molecular weight excluding hydrogens is 516 g/mol. The van der Waals surface area contributed by atoms with Crippen molar-refractivity contribution in [1.29, 1.82) is 0 Å². The molecule has 10 heteroatoms. The average Bonchev–Trinajstić information content (AvgIpc) is 3.46. The van der Waals surface area contributed by atoms with Crippen molar-refractivity contribution in [1.82, 2.24) is 15.1 Å². The molecule has 3 aliphatic rings. The lowest BCUT2D eigenvalue weighted by Crippen LogP contribution is -2.42. The summed E-state index contributed by atoms with van der Waals surface area (Å²) in [6.07, 6.45) is 3.26. The normalized spacial score (nSPS) is 19.2. The number of anilines is 1. The predicted molar refractivity (Wildman–Crippen MR) is 137 cm³/mol. The summed E-state index contributed by atoms with van der Waals surface area (Å²) in [5.41, 5.74) is 2.26. The predicted octanol–water partition coefficient (Wildman–Crippen LogP) is 7.76. The van der Waals surface area contributed by atoms with Crippen molar-refractivity contribution in [3.8, 4) is 11.3 Å². The minimum absolute atomic E-state index is 0.0124. The molecule has 5 nitrogen and oxygen atoms in total. The molecule has 2 fully saturated rings. The Morgan fingerprint density at radius 1 is 1.16 bits per heavy atom. The number of pyridine rings is 1. The molecule has 1 saturated carbocycles. The Bertz CT molecular complexity index is 1590. The zero-order valence-corrected chi connectivity index (χ0v) is 21.4. The van der Waals surface area contributed by atoms with Gasteiger partial charge in [-0.05, 0) is 79.8 Å². The molecule has 0 amide bonds. The number of hydrogen-bond acceptors (Lipinski definition) is 6. The number of halogens is 4. The van der Waals surface area contributed by atoms with E-state index in [0.29, 0.717) is 11.3 Å². The van der Waals surface area contributed by atoms with Gasteiger partial charge in [0.25, 0.3) is 0 Å². The van der Waals surface area contributed by atoms with Crippen LogP contribution in [0.3, 0.4) is 0 Å². The van der Waals surface area contributed by atoms with Gasteiger partial charge in [-0.1, -0.05) is 22.6 Å². The van der Waals surface area contributed by atoms with E-state index in [4.69, 9.17) is 4.52 Å². The number of nitrogens with zero attached hydrogens (tertiary/aromatic N) is 4. The number of alkyl halides is 3. The molecule has 1 spiro atoms. The average molecular weight is 541 g/mol. The molecule has 1 aliphatic heterocycles. The highest BCUT2D eigenvalue weighted by atomic mass is 32.1. The second-order valence-electron chi connectivity index (χ2n) is 10.7. The van der Waals surface area contributed by atoms with Crippen LogP contribution in [0, 0.1) is 18.2 Å². The van der Waals surface area contributed by atoms with Crippen LogP contribution in [0.1, 0.15) is 60.6 Å². The van der Waals surface area contributed by atoms with Gasteiger partial charge in [-0.3, -0.25) is 4.98 Å². The van der Waals surface area contributed by atoms with Gasteiger partial charge < -0.3 is 9.42 Å². The van der Waals surface area contributed by atoms with E-state index in [1.807, 2.05) is 13.0 Å². The molecule has 7 rings (SSSR count). The molecular formula is C28H24F4N4OS. The maximum absolute atomic E-state index is 14.4. The molecule has 0 bridgehead atoms. The Balaban J connectivity index is 1.16. The second kappa shape index (κ2) is 8.36. The molecule has 1 aromatic carbocycles. The number of hydrogen-bond donors (Lipinski definition) is 0. The number of piperidine rings is 1. The molecule has 3 aromatic heterocycles. The fourth-order valence-corrected chi connectivity index (χ4v) is 6.96. The van der Waals surface area contributed by atoms with E-state index in [9.17, 15) is 17.6 Å². The monoisotopic (exact) mass is 540 g/mol. The molecule has 196 valence electrons. The smallest absolute Gasteiger partial charge is 0.360 e. The molecule has 0 radical (unpaired) electrons. The van der Waals surface area contributed by atoms with Gasteiger partial charge in [-0.25, -0.2) is 9.37 Å². The van der Waals surface area contributed by atoms with Gasteiger partial charge in [0.1, 0.15) is 17.0 Å². The first-order valence-corrected chi connectivity index (χ1v) is 13.6. The molecule has 0 unspecified atom stereocenters. The van der Waals surface area contributed by atoms with Gasteiger partial charge in [-0.15, -0.1) is 0 Å². The lowest BCUT2D eigenvalue weighted by molar-refractivity contribution is -0.140. The summed E-state index contributed by atoms with van der Waals surface area (Å²) in [7, 11) is 0. The topological polar surface area (TPSA) is 55.1 Å². The summed E-state index contributed by atoms with van der Waals surface area (Å²) < 4.78 is 62.1. The Morgan fingerprint density at radius 2 is 1.92 bits per heavy atom. The maximum Gasteiger partial charge on any atom is 0.434 e. The summed E-state index contributed by atoms with van der Waals surface area (Å²) >= 11 is 1.51. The van der Waals surface area contributed by atoms with Crippen molar-refractivity contribution in [2.45, 2.75) is 51.1 Å². The van der Waals surface area contributed by atoms with E-state index >= 15 is 0 Å². The van der Waals surface area contributed by atoms with Crippen molar-refractivity contribution in [2.24, 2.45) is 5.41 Å². The molecule has 0 atom stereocenters. The first kappa shape index (κ1) is 23.8. The number of fused-ring (bicyclic) bond motifs is 1. The molecule has 4 heterocycles. The first-order valence-electron chi connectivity index (χ1n) is 12.8. The third kappa shape index (κ3) is 3.92. The maximum atomic E-state index is 14.4. The summed E-state index contributed by atoms with van der Waals surface area (Å²) in [5, 5.41) is 4.97. The van der Waals surface area contributed by atoms with E-state index in [2.05, 4.69) is 26.1 Å². The van der Waals surface area contributed by atoms with Crippen LogP contribution in [0.25, 0.3) is 27.0 Å². The fourth-order valence-electron chi connectivity index (χ4n) is 5.83. The zero-order chi connectivity index (χ0) is 26.2. The third-order valence-corrected chi connectivity index (χ3v) is 9.02. The van der Waals surface area contributed by atoms with Gasteiger partial charge >= 0.3 is 6.18 Å².